The molecule has 0 amide bonds. The quantitative estimate of drug-likeness (QED) is 0.836. The van der Waals surface area contributed by atoms with Gasteiger partial charge in [-0.1, -0.05) is 0 Å². The lowest BCUT2D eigenvalue weighted by molar-refractivity contribution is 0.497. The number of rotatable bonds is 3. The molecule has 0 spiro atoms. The highest BCUT2D eigenvalue weighted by atomic mass is 19.2. The highest BCUT2D eigenvalue weighted by molar-refractivity contribution is 5.45. The first kappa shape index (κ1) is 11.5. The van der Waals surface area contributed by atoms with Gasteiger partial charge in [0.15, 0.2) is 11.6 Å². The van der Waals surface area contributed by atoms with Crippen molar-refractivity contribution < 1.29 is 13.2 Å². The van der Waals surface area contributed by atoms with Crippen LogP contribution in [0.4, 0.5) is 18.9 Å². The van der Waals surface area contributed by atoms with E-state index in [0.29, 0.717) is 6.07 Å². The van der Waals surface area contributed by atoms with Gasteiger partial charge in [0.1, 0.15) is 5.82 Å². The molecule has 0 aliphatic carbocycles. The van der Waals surface area contributed by atoms with E-state index >= 15 is 0 Å². The summed E-state index contributed by atoms with van der Waals surface area (Å²) in [7, 11) is 1.74. The largest absolute Gasteiger partial charge is 0.378 e. The number of anilines is 1. The Bertz CT molecular complexity index is 537. The molecule has 1 aromatic heterocycles. The molecule has 2 aromatic rings. The Morgan fingerprint density at radius 3 is 2.71 bits per heavy atom. The van der Waals surface area contributed by atoms with Crippen LogP contribution in [0.2, 0.25) is 0 Å². The number of benzene rings is 1. The standard InChI is InChI=1S/C11H10F3N3/c1-17-6-7(5-16-17)4-15-10-3-8(12)2-9(13)11(10)14/h2-3,5-6,15H,4H2,1H3. The first-order valence-corrected chi connectivity index (χ1v) is 4.92. The van der Waals surface area contributed by atoms with Crippen molar-refractivity contribution in [2.24, 2.45) is 7.05 Å². The second-order valence-electron chi connectivity index (χ2n) is 3.62. The summed E-state index contributed by atoms with van der Waals surface area (Å²) in [5.74, 6) is -3.12. The van der Waals surface area contributed by atoms with Crippen molar-refractivity contribution in [3.8, 4) is 0 Å². The molecule has 90 valence electrons. The molecule has 0 saturated carbocycles. The molecule has 17 heavy (non-hydrogen) atoms. The van der Waals surface area contributed by atoms with Gasteiger partial charge < -0.3 is 5.32 Å². The van der Waals surface area contributed by atoms with Gasteiger partial charge >= 0.3 is 0 Å². The molecule has 0 saturated heterocycles. The average molecular weight is 241 g/mol. The summed E-state index contributed by atoms with van der Waals surface area (Å²) >= 11 is 0. The molecule has 0 unspecified atom stereocenters. The van der Waals surface area contributed by atoms with Crippen molar-refractivity contribution in [2.45, 2.75) is 6.54 Å². The van der Waals surface area contributed by atoms with Gasteiger partial charge in [0.05, 0.1) is 11.9 Å². The van der Waals surface area contributed by atoms with Crippen molar-refractivity contribution in [2.75, 3.05) is 5.32 Å². The molecule has 2 rings (SSSR count). The summed E-state index contributed by atoms with van der Waals surface area (Å²) in [6.07, 6.45) is 3.31. The number of hydrogen-bond donors (Lipinski definition) is 1. The van der Waals surface area contributed by atoms with Crippen molar-refractivity contribution in [3.63, 3.8) is 0 Å². The third kappa shape index (κ3) is 2.58. The maximum atomic E-state index is 13.3. The number of aromatic nitrogens is 2. The normalized spacial score (nSPS) is 10.6. The summed E-state index contributed by atoms with van der Waals surface area (Å²) in [5, 5.41) is 6.54. The SMILES string of the molecule is Cn1cc(CNc2cc(F)cc(F)c2F)cn1. The predicted molar refractivity (Wildman–Crippen MR) is 56.9 cm³/mol. The number of hydrogen-bond acceptors (Lipinski definition) is 2. The number of halogens is 3. The van der Waals surface area contributed by atoms with Crippen molar-refractivity contribution in [3.05, 3.63) is 47.5 Å². The van der Waals surface area contributed by atoms with Crippen molar-refractivity contribution >= 4 is 5.69 Å². The summed E-state index contributed by atoms with van der Waals surface area (Å²) in [4.78, 5) is 0. The fraction of sp³-hybridized carbons (Fsp3) is 0.182. The summed E-state index contributed by atoms with van der Waals surface area (Å²) in [5.41, 5.74) is 0.586. The highest BCUT2D eigenvalue weighted by Crippen LogP contribution is 2.19. The maximum Gasteiger partial charge on any atom is 0.182 e. The molecule has 0 atom stereocenters. The Balaban J connectivity index is 2.14. The van der Waals surface area contributed by atoms with Crippen LogP contribution in [-0.2, 0) is 13.6 Å². The molecular weight excluding hydrogens is 231 g/mol. The average Bonchev–Trinajstić information content (AvgIpc) is 2.67. The van der Waals surface area contributed by atoms with Crippen molar-refractivity contribution in [1.82, 2.24) is 9.78 Å². The monoisotopic (exact) mass is 241 g/mol. The Morgan fingerprint density at radius 1 is 1.29 bits per heavy atom. The van der Waals surface area contributed by atoms with Gasteiger partial charge in [-0.05, 0) is 0 Å². The smallest absolute Gasteiger partial charge is 0.182 e. The predicted octanol–water partition coefficient (Wildman–Crippen LogP) is 2.45. The van der Waals surface area contributed by atoms with E-state index in [9.17, 15) is 13.2 Å². The van der Waals surface area contributed by atoms with Crippen molar-refractivity contribution in [1.29, 1.82) is 0 Å². The zero-order chi connectivity index (χ0) is 12.4. The summed E-state index contributed by atoms with van der Waals surface area (Å²) in [6.45, 7) is 0.244. The lowest BCUT2D eigenvalue weighted by Crippen LogP contribution is -2.03. The maximum absolute atomic E-state index is 13.3. The lowest BCUT2D eigenvalue weighted by Gasteiger charge is -2.06. The number of nitrogens with one attached hydrogen (secondary N) is 1. The first-order chi connectivity index (χ1) is 8.06. The fourth-order valence-electron chi connectivity index (χ4n) is 1.45. The second kappa shape index (κ2) is 4.48. The summed E-state index contributed by atoms with van der Waals surface area (Å²) < 4.78 is 40.6. The minimum atomic E-state index is -1.21. The van der Waals surface area contributed by atoms with E-state index in [1.807, 2.05) is 0 Å². The van der Waals surface area contributed by atoms with Crippen LogP contribution in [0.15, 0.2) is 24.5 Å². The van der Waals surface area contributed by atoms with Gasteiger partial charge in [-0.2, -0.15) is 5.10 Å². The molecule has 1 N–H and O–H groups in total. The van der Waals surface area contributed by atoms with Gasteiger partial charge in [0, 0.05) is 37.5 Å². The molecule has 1 aromatic carbocycles. The van der Waals surface area contributed by atoms with Crippen LogP contribution in [0.5, 0.6) is 0 Å². The van der Waals surface area contributed by atoms with Gasteiger partial charge in [0.2, 0.25) is 0 Å². The van der Waals surface area contributed by atoms with Crippen LogP contribution in [0.1, 0.15) is 5.56 Å². The molecule has 6 heteroatoms. The molecule has 0 fully saturated rings. The third-order valence-corrected chi connectivity index (χ3v) is 2.23. The zero-order valence-electron chi connectivity index (χ0n) is 9.04. The molecule has 0 aliphatic heterocycles. The van der Waals surface area contributed by atoms with E-state index < -0.39 is 17.5 Å². The zero-order valence-corrected chi connectivity index (χ0v) is 9.04. The molecular formula is C11H10F3N3. The van der Waals surface area contributed by atoms with Crippen LogP contribution in [0, 0.1) is 17.5 Å². The van der Waals surface area contributed by atoms with Crippen LogP contribution >= 0.6 is 0 Å². The van der Waals surface area contributed by atoms with E-state index in [4.69, 9.17) is 0 Å². The van der Waals surface area contributed by atoms with E-state index in [1.54, 1.807) is 24.1 Å². The molecule has 0 radical (unpaired) electrons. The Kier molecular flexibility index (Phi) is 3.03. The molecule has 0 bridgehead atoms. The first-order valence-electron chi connectivity index (χ1n) is 4.92. The Morgan fingerprint density at radius 2 is 2.06 bits per heavy atom. The van der Waals surface area contributed by atoms with Crippen LogP contribution < -0.4 is 5.32 Å². The summed E-state index contributed by atoms with van der Waals surface area (Å²) in [6, 6.07) is 1.42. The Labute approximate surface area is 95.9 Å². The van der Waals surface area contributed by atoms with Gasteiger partial charge in [-0.25, -0.2) is 13.2 Å². The van der Waals surface area contributed by atoms with Gasteiger partial charge in [-0.3, -0.25) is 4.68 Å². The minimum Gasteiger partial charge on any atom is -0.378 e. The van der Waals surface area contributed by atoms with Crippen LogP contribution in [-0.4, -0.2) is 9.78 Å². The molecule has 1 heterocycles. The van der Waals surface area contributed by atoms with Crippen LogP contribution in [0.25, 0.3) is 0 Å². The van der Waals surface area contributed by atoms with Gasteiger partial charge in [-0.15, -0.1) is 0 Å². The second-order valence-corrected chi connectivity index (χ2v) is 3.62. The minimum absolute atomic E-state index is 0.202. The topological polar surface area (TPSA) is 29.9 Å². The van der Waals surface area contributed by atoms with E-state index in [0.717, 1.165) is 11.6 Å². The Hall–Kier alpha value is -1.98. The molecule has 0 aliphatic rings. The van der Waals surface area contributed by atoms with Gasteiger partial charge in [0.25, 0.3) is 0 Å². The van der Waals surface area contributed by atoms with E-state index in [-0.39, 0.29) is 12.2 Å². The van der Waals surface area contributed by atoms with Crippen LogP contribution in [0.3, 0.4) is 0 Å². The molecule has 3 nitrogen and oxygen atoms in total. The number of aryl methyl sites for hydroxylation is 1. The van der Waals surface area contributed by atoms with E-state index in [2.05, 4.69) is 10.4 Å². The van der Waals surface area contributed by atoms with E-state index in [1.165, 1.54) is 0 Å². The third-order valence-electron chi connectivity index (χ3n) is 2.23. The number of nitrogens with zero attached hydrogens (tertiary/aromatic N) is 2. The fourth-order valence-corrected chi connectivity index (χ4v) is 1.45. The lowest BCUT2D eigenvalue weighted by atomic mass is 10.2. The highest BCUT2D eigenvalue weighted by Gasteiger charge is 2.10.